The smallest absolute Gasteiger partial charge is 0.243 e. The van der Waals surface area contributed by atoms with Gasteiger partial charge >= 0.3 is 0 Å². The molecule has 0 unspecified atom stereocenters. The van der Waals surface area contributed by atoms with Crippen molar-refractivity contribution in [2.75, 3.05) is 0 Å². The van der Waals surface area contributed by atoms with Crippen LogP contribution in [0.2, 0.25) is 20.1 Å². The van der Waals surface area contributed by atoms with Crippen LogP contribution in [0.5, 0.6) is 0 Å². The van der Waals surface area contributed by atoms with Crippen LogP contribution in [0.3, 0.4) is 0 Å². The molecule has 3 aromatic carbocycles. The van der Waals surface area contributed by atoms with Crippen molar-refractivity contribution in [2.24, 2.45) is 0 Å². The van der Waals surface area contributed by atoms with Crippen molar-refractivity contribution in [3.8, 4) is 0 Å². The van der Waals surface area contributed by atoms with E-state index >= 15 is 0 Å². The van der Waals surface area contributed by atoms with Gasteiger partial charge in [0.25, 0.3) is 0 Å². The maximum atomic E-state index is 13.7. The van der Waals surface area contributed by atoms with Crippen LogP contribution >= 0.6 is 46.4 Å². The topological polar surface area (TPSA) is 49.4 Å². The summed E-state index contributed by atoms with van der Waals surface area (Å²) in [5, 5.41) is 4.56. The molecule has 184 valence electrons. The number of hydrogen-bond donors (Lipinski definition) is 1. The van der Waals surface area contributed by atoms with Gasteiger partial charge in [-0.25, -0.2) is 0 Å². The monoisotopic (exact) mass is 550 g/mol. The fourth-order valence-corrected chi connectivity index (χ4v) is 4.55. The summed E-state index contributed by atoms with van der Waals surface area (Å²) in [6.45, 7) is 3.83. The molecule has 0 aromatic heterocycles. The minimum absolute atomic E-state index is 0.0270. The molecule has 35 heavy (non-hydrogen) atoms. The molecule has 8 heteroatoms. The number of benzene rings is 3. The van der Waals surface area contributed by atoms with Crippen LogP contribution in [0.25, 0.3) is 0 Å². The summed E-state index contributed by atoms with van der Waals surface area (Å²) < 4.78 is 0. The van der Waals surface area contributed by atoms with Crippen LogP contribution in [-0.4, -0.2) is 28.8 Å². The van der Waals surface area contributed by atoms with Gasteiger partial charge < -0.3 is 10.2 Å². The Balaban J connectivity index is 2.03. The molecule has 0 aliphatic rings. The van der Waals surface area contributed by atoms with Crippen LogP contribution in [0.15, 0.2) is 66.7 Å². The lowest BCUT2D eigenvalue weighted by atomic mass is 10.0. The molecule has 0 heterocycles. The zero-order valence-corrected chi connectivity index (χ0v) is 22.4. The van der Waals surface area contributed by atoms with Gasteiger partial charge in [0.2, 0.25) is 11.8 Å². The number of carbonyl (C=O) groups excluding carboxylic acids is 2. The van der Waals surface area contributed by atoms with E-state index in [0.717, 1.165) is 5.56 Å². The van der Waals surface area contributed by atoms with Gasteiger partial charge in [0.1, 0.15) is 6.04 Å². The van der Waals surface area contributed by atoms with E-state index in [1.807, 2.05) is 44.2 Å². The summed E-state index contributed by atoms with van der Waals surface area (Å²) in [4.78, 5) is 28.7. The van der Waals surface area contributed by atoms with E-state index in [2.05, 4.69) is 5.32 Å². The molecule has 1 N–H and O–H groups in total. The molecule has 0 spiro atoms. The van der Waals surface area contributed by atoms with Gasteiger partial charge in [0, 0.05) is 34.6 Å². The molecule has 1 atom stereocenters. The first kappa shape index (κ1) is 27.3. The van der Waals surface area contributed by atoms with Crippen LogP contribution < -0.4 is 5.32 Å². The number of carbonyl (C=O) groups is 2. The molecule has 3 rings (SSSR count). The third-order valence-electron chi connectivity index (χ3n) is 5.43. The average Bonchev–Trinajstić information content (AvgIpc) is 2.80. The standard InChI is InChI=1S/C27H26Cl4N2O2/c1-17(2)32-27(35)25(14-18-7-4-3-5-8-18)33(16-20-21(28)9-6-10-22(20)29)26(34)15-19-11-12-23(30)24(31)13-19/h3-13,17,25H,14-16H2,1-2H3,(H,32,35)/t25-/m1/s1. The van der Waals surface area contributed by atoms with Crippen molar-refractivity contribution in [2.45, 2.75) is 45.3 Å². The van der Waals surface area contributed by atoms with Gasteiger partial charge in [-0.2, -0.15) is 0 Å². The summed E-state index contributed by atoms with van der Waals surface area (Å²) in [6.07, 6.45) is 0.355. The van der Waals surface area contributed by atoms with Crippen molar-refractivity contribution in [1.29, 1.82) is 0 Å². The number of halogens is 4. The highest BCUT2D eigenvalue weighted by molar-refractivity contribution is 6.42. The average molecular weight is 552 g/mol. The summed E-state index contributed by atoms with van der Waals surface area (Å²) in [7, 11) is 0. The lowest BCUT2D eigenvalue weighted by molar-refractivity contribution is -0.141. The number of nitrogens with zero attached hydrogens (tertiary/aromatic N) is 1. The van der Waals surface area contributed by atoms with Crippen LogP contribution in [0.1, 0.15) is 30.5 Å². The second-order valence-corrected chi connectivity index (χ2v) is 10.1. The quantitative estimate of drug-likeness (QED) is 0.311. The fraction of sp³-hybridized carbons (Fsp3) is 0.259. The maximum Gasteiger partial charge on any atom is 0.243 e. The van der Waals surface area contributed by atoms with Crippen molar-refractivity contribution < 1.29 is 9.59 Å². The van der Waals surface area contributed by atoms with E-state index in [9.17, 15) is 9.59 Å². The second-order valence-electron chi connectivity index (χ2n) is 8.52. The number of hydrogen-bond acceptors (Lipinski definition) is 2. The van der Waals surface area contributed by atoms with Gasteiger partial charge in [-0.15, -0.1) is 0 Å². The minimum Gasteiger partial charge on any atom is -0.352 e. The highest BCUT2D eigenvalue weighted by atomic mass is 35.5. The highest BCUT2D eigenvalue weighted by Crippen LogP contribution is 2.28. The van der Waals surface area contributed by atoms with Gasteiger partial charge in [0.05, 0.1) is 16.5 Å². The molecule has 4 nitrogen and oxygen atoms in total. The molecule has 0 bridgehead atoms. The van der Waals surface area contributed by atoms with E-state index in [1.165, 1.54) is 0 Å². The van der Waals surface area contributed by atoms with Gasteiger partial charge in [-0.05, 0) is 49.2 Å². The summed E-state index contributed by atoms with van der Waals surface area (Å²) in [5.41, 5.74) is 2.19. The summed E-state index contributed by atoms with van der Waals surface area (Å²) >= 11 is 25.1. The number of rotatable bonds is 9. The van der Waals surface area contributed by atoms with E-state index in [1.54, 1.807) is 41.3 Å². The van der Waals surface area contributed by atoms with Crippen molar-refractivity contribution >= 4 is 58.2 Å². The predicted octanol–water partition coefficient (Wildman–Crippen LogP) is 7.01. The van der Waals surface area contributed by atoms with Gasteiger partial charge in [0.15, 0.2) is 0 Å². The third kappa shape index (κ3) is 7.62. The molecule has 0 radical (unpaired) electrons. The van der Waals surface area contributed by atoms with E-state index in [-0.39, 0.29) is 30.8 Å². The first-order valence-electron chi connectivity index (χ1n) is 11.2. The Morgan fingerprint density at radius 2 is 1.46 bits per heavy atom. The lowest BCUT2D eigenvalue weighted by Crippen LogP contribution is -2.52. The van der Waals surface area contributed by atoms with E-state index < -0.39 is 6.04 Å². The summed E-state index contributed by atoms with van der Waals surface area (Å²) in [5.74, 6) is -0.520. The first-order valence-corrected chi connectivity index (χ1v) is 12.7. The normalized spacial score (nSPS) is 11.9. The fourth-order valence-electron chi connectivity index (χ4n) is 3.71. The van der Waals surface area contributed by atoms with Crippen molar-refractivity contribution in [3.63, 3.8) is 0 Å². The molecule has 0 aliphatic carbocycles. The molecule has 0 saturated heterocycles. The Morgan fingerprint density at radius 3 is 2.06 bits per heavy atom. The van der Waals surface area contributed by atoms with Gasteiger partial charge in [-0.1, -0.05) is 88.9 Å². The molecule has 3 aromatic rings. The maximum absolute atomic E-state index is 13.7. The van der Waals surface area contributed by atoms with Crippen LogP contribution in [0.4, 0.5) is 0 Å². The zero-order valence-electron chi connectivity index (χ0n) is 19.4. The Hall–Kier alpha value is -2.24. The van der Waals surface area contributed by atoms with Crippen LogP contribution in [-0.2, 0) is 29.0 Å². The molecule has 0 saturated carbocycles. The Kier molecular flexibility index (Phi) is 9.88. The van der Waals surface area contributed by atoms with Crippen molar-refractivity contribution in [1.82, 2.24) is 10.2 Å². The number of amides is 2. The lowest BCUT2D eigenvalue weighted by Gasteiger charge is -2.32. The zero-order chi connectivity index (χ0) is 25.5. The van der Waals surface area contributed by atoms with E-state index in [4.69, 9.17) is 46.4 Å². The predicted molar refractivity (Wildman–Crippen MR) is 144 cm³/mol. The minimum atomic E-state index is -0.789. The SMILES string of the molecule is CC(C)NC(=O)[C@@H](Cc1ccccc1)N(Cc1c(Cl)cccc1Cl)C(=O)Cc1ccc(Cl)c(Cl)c1. The van der Waals surface area contributed by atoms with Crippen molar-refractivity contribution in [3.05, 3.63) is 104 Å². The molecule has 0 fully saturated rings. The van der Waals surface area contributed by atoms with Gasteiger partial charge in [-0.3, -0.25) is 9.59 Å². The largest absolute Gasteiger partial charge is 0.352 e. The third-order valence-corrected chi connectivity index (χ3v) is 6.88. The summed E-state index contributed by atoms with van der Waals surface area (Å²) in [6, 6.07) is 18.9. The van der Waals surface area contributed by atoms with E-state index in [0.29, 0.717) is 37.6 Å². The molecular formula is C27H26Cl4N2O2. The molecule has 0 aliphatic heterocycles. The highest BCUT2D eigenvalue weighted by Gasteiger charge is 2.31. The molecule has 2 amide bonds. The Labute approximate surface area is 226 Å². The second kappa shape index (κ2) is 12.6. The number of nitrogens with one attached hydrogen (secondary N) is 1. The Bertz CT molecular complexity index is 1160. The molecular weight excluding hydrogens is 526 g/mol. The Morgan fingerprint density at radius 1 is 0.800 bits per heavy atom. The first-order chi connectivity index (χ1) is 16.7. The van der Waals surface area contributed by atoms with Crippen LogP contribution in [0, 0.1) is 0 Å².